The van der Waals surface area contributed by atoms with Crippen LogP contribution in [0.4, 0.5) is 0 Å². The van der Waals surface area contributed by atoms with Crippen LogP contribution in [0.2, 0.25) is 0 Å². The molecule has 1 aromatic carbocycles. The average molecular weight is 261 g/mol. The van der Waals surface area contributed by atoms with Crippen LogP contribution < -0.4 is 15.2 Å². The summed E-state index contributed by atoms with van der Waals surface area (Å²) < 4.78 is 12.6. The summed E-state index contributed by atoms with van der Waals surface area (Å²) in [5.74, 6) is 2.36. The smallest absolute Gasteiger partial charge is 0.123 e. The fraction of sp³-hybridized carbons (Fsp3) is 0.357. The number of benzene rings is 1. The quantitative estimate of drug-likeness (QED) is 0.912. The zero-order chi connectivity index (χ0) is 14.0. The fourth-order valence-corrected chi connectivity index (χ4v) is 2.22. The van der Waals surface area contributed by atoms with Crippen molar-refractivity contribution >= 4 is 0 Å². The van der Waals surface area contributed by atoms with Gasteiger partial charge in [0.05, 0.1) is 32.2 Å². The molecule has 0 saturated carbocycles. The summed E-state index contributed by atoms with van der Waals surface area (Å²) in [6.45, 7) is 2.39. The summed E-state index contributed by atoms with van der Waals surface area (Å²) in [4.78, 5) is 4.47. The van der Waals surface area contributed by atoms with Crippen molar-refractivity contribution in [3.63, 3.8) is 0 Å². The molecule has 0 bridgehead atoms. The molecule has 5 heteroatoms. The lowest BCUT2D eigenvalue weighted by Gasteiger charge is -2.10. The van der Waals surface area contributed by atoms with Crippen LogP contribution >= 0.6 is 0 Å². The molecule has 0 atom stereocenters. The van der Waals surface area contributed by atoms with Gasteiger partial charge in [-0.1, -0.05) is 0 Å². The van der Waals surface area contributed by atoms with E-state index in [-0.39, 0.29) is 0 Å². The maximum Gasteiger partial charge on any atom is 0.123 e. The molecule has 102 valence electrons. The predicted molar refractivity (Wildman–Crippen MR) is 74.4 cm³/mol. The first-order valence-electron chi connectivity index (χ1n) is 6.06. The van der Waals surface area contributed by atoms with Crippen molar-refractivity contribution in [2.45, 2.75) is 13.5 Å². The number of nitrogens with zero attached hydrogens (tertiary/aromatic N) is 2. The summed E-state index contributed by atoms with van der Waals surface area (Å²) in [5, 5.41) is 0. The van der Waals surface area contributed by atoms with Crippen molar-refractivity contribution in [3.8, 4) is 22.8 Å². The Hall–Kier alpha value is -2.01. The molecule has 0 fully saturated rings. The van der Waals surface area contributed by atoms with Crippen molar-refractivity contribution in [2.24, 2.45) is 12.8 Å². The Morgan fingerprint density at radius 3 is 2.16 bits per heavy atom. The molecule has 2 rings (SSSR count). The van der Waals surface area contributed by atoms with Crippen LogP contribution in [-0.2, 0) is 13.6 Å². The van der Waals surface area contributed by atoms with Crippen LogP contribution in [0.1, 0.15) is 11.5 Å². The van der Waals surface area contributed by atoms with Gasteiger partial charge in [0.1, 0.15) is 17.3 Å². The monoisotopic (exact) mass is 261 g/mol. The standard InChI is InChI=1S/C14H19N3O2/c1-9-14(17(2)13(8-15)16-9)10-5-11(18-3)7-12(6-10)19-4/h5-7H,8,15H2,1-4H3. The number of hydrogen-bond acceptors (Lipinski definition) is 4. The van der Waals surface area contributed by atoms with Gasteiger partial charge in [-0.25, -0.2) is 4.98 Å². The molecule has 0 aliphatic heterocycles. The Labute approximate surface area is 113 Å². The highest BCUT2D eigenvalue weighted by Gasteiger charge is 2.14. The second kappa shape index (κ2) is 5.32. The minimum atomic E-state index is 0.415. The van der Waals surface area contributed by atoms with Crippen LogP contribution in [0.15, 0.2) is 18.2 Å². The van der Waals surface area contributed by atoms with Crippen molar-refractivity contribution in [1.29, 1.82) is 0 Å². The van der Waals surface area contributed by atoms with E-state index in [1.807, 2.05) is 36.7 Å². The van der Waals surface area contributed by atoms with E-state index >= 15 is 0 Å². The first kappa shape index (κ1) is 13.4. The number of ether oxygens (including phenoxy) is 2. The third kappa shape index (κ3) is 2.42. The molecule has 0 amide bonds. The Morgan fingerprint density at radius 1 is 1.16 bits per heavy atom. The Morgan fingerprint density at radius 2 is 1.74 bits per heavy atom. The van der Waals surface area contributed by atoms with Gasteiger partial charge in [-0.3, -0.25) is 0 Å². The summed E-state index contributed by atoms with van der Waals surface area (Å²) in [6.07, 6.45) is 0. The first-order valence-corrected chi connectivity index (χ1v) is 6.06. The van der Waals surface area contributed by atoms with E-state index in [1.54, 1.807) is 14.2 Å². The number of aromatic nitrogens is 2. The lowest BCUT2D eigenvalue weighted by molar-refractivity contribution is 0.394. The molecular formula is C14H19N3O2. The van der Waals surface area contributed by atoms with Gasteiger partial charge in [0, 0.05) is 18.7 Å². The lowest BCUT2D eigenvalue weighted by atomic mass is 10.1. The third-order valence-corrected chi connectivity index (χ3v) is 3.17. The summed E-state index contributed by atoms with van der Waals surface area (Å²) in [6, 6.07) is 5.78. The molecule has 2 N–H and O–H groups in total. The van der Waals surface area contributed by atoms with Crippen LogP contribution in [0.3, 0.4) is 0 Å². The molecule has 0 saturated heterocycles. The summed E-state index contributed by atoms with van der Waals surface area (Å²) in [5.41, 5.74) is 8.66. The van der Waals surface area contributed by atoms with Crippen molar-refractivity contribution in [1.82, 2.24) is 9.55 Å². The first-order chi connectivity index (χ1) is 9.10. The van der Waals surface area contributed by atoms with Gasteiger partial charge < -0.3 is 19.8 Å². The van der Waals surface area contributed by atoms with E-state index in [1.165, 1.54) is 0 Å². The average Bonchev–Trinajstić information content (AvgIpc) is 2.72. The molecule has 19 heavy (non-hydrogen) atoms. The van der Waals surface area contributed by atoms with Crippen molar-refractivity contribution < 1.29 is 9.47 Å². The number of aryl methyl sites for hydroxylation is 1. The molecule has 0 radical (unpaired) electrons. The number of nitrogens with two attached hydrogens (primary N) is 1. The van der Waals surface area contributed by atoms with E-state index in [2.05, 4.69) is 4.98 Å². The van der Waals surface area contributed by atoms with Gasteiger partial charge in [0.25, 0.3) is 0 Å². The van der Waals surface area contributed by atoms with Crippen LogP contribution in [-0.4, -0.2) is 23.8 Å². The fourth-order valence-electron chi connectivity index (χ4n) is 2.22. The predicted octanol–water partition coefficient (Wildman–Crippen LogP) is 1.87. The number of methoxy groups -OCH3 is 2. The molecule has 5 nitrogen and oxygen atoms in total. The van der Waals surface area contributed by atoms with Crippen molar-refractivity contribution in [3.05, 3.63) is 29.7 Å². The lowest BCUT2D eigenvalue weighted by Crippen LogP contribution is -2.05. The van der Waals surface area contributed by atoms with Crippen molar-refractivity contribution in [2.75, 3.05) is 14.2 Å². The van der Waals surface area contributed by atoms with E-state index in [9.17, 15) is 0 Å². The van der Waals surface area contributed by atoms with Gasteiger partial charge in [-0.15, -0.1) is 0 Å². The molecule has 0 unspecified atom stereocenters. The second-order valence-corrected chi connectivity index (χ2v) is 4.33. The SMILES string of the molecule is COc1cc(OC)cc(-c2c(C)nc(CN)n2C)c1. The minimum absolute atomic E-state index is 0.415. The van der Waals surface area contributed by atoms with E-state index in [4.69, 9.17) is 15.2 Å². The van der Waals surface area contributed by atoms with Gasteiger partial charge >= 0.3 is 0 Å². The zero-order valence-corrected chi connectivity index (χ0v) is 11.7. The molecule has 1 heterocycles. The maximum atomic E-state index is 5.69. The topological polar surface area (TPSA) is 62.3 Å². The second-order valence-electron chi connectivity index (χ2n) is 4.33. The third-order valence-electron chi connectivity index (χ3n) is 3.17. The normalized spacial score (nSPS) is 10.6. The minimum Gasteiger partial charge on any atom is -0.497 e. The number of rotatable bonds is 4. The van der Waals surface area contributed by atoms with Crippen LogP contribution in [0, 0.1) is 6.92 Å². The van der Waals surface area contributed by atoms with E-state index in [0.717, 1.165) is 34.3 Å². The Kier molecular flexibility index (Phi) is 3.76. The van der Waals surface area contributed by atoms with Crippen LogP contribution in [0.5, 0.6) is 11.5 Å². The molecule has 2 aromatic rings. The highest BCUT2D eigenvalue weighted by atomic mass is 16.5. The summed E-state index contributed by atoms with van der Waals surface area (Å²) >= 11 is 0. The Balaban J connectivity index is 2.61. The van der Waals surface area contributed by atoms with Gasteiger partial charge in [0.2, 0.25) is 0 Å². The molecule has 1 aromatic heterocycles. The highest BCUT2D eigenvalue weighted by molar-refractivity contribution is 5.67. The summed E-state index contributed by atoms with van der Waals surface area (Å²) in [7, 11) is 5.24. The van der Waals surface area contributed by atoms with E-state index in [0.29, 0.717) is 6.54 Å². The maximum absolute atomic E-state index is 5.69. The molecule has 0 aliphatic carbocycles. The highest BCUT2D eigenvalue weighted by Crippen LogP contribution is 2.31. The number of imidazole rings is 1. The molecule has 0 aliphatic rings. The van der Waals surface area contributed by atoms with E-state index < -0.39 is 0 Å². The zero-order valence-electron chi connectivity index (χ0n) is 11.7. The van der Waals surface area contributed by atoms with Crippen LogP contribution in [0.25, 0.3) is 11.3 Å². The largest absolute Gasteiger partial charge is 0.497 e. The van der Waals surface area contributed by atoms with Gasteiger partial charge in [-0.2, -0.15) is 0 Å². The molecular weight excluding hydrogens is 242 g/mol. The van der Waals surface area contributed by atoms with Gasteiger partial charge in [0.15, 0.2) is 0 Å². The van der Waals surface area contributed by atoms with Gasteiger partial charge in [-0.05, 0) is 19.1 Å². The Bertz CT molecular complexity index is 568. The molecule has 0 spiro atoms. The number of hydrogen-bond donors (Lipinski definition) is 1.